The van der Waals surface area contributed by atoms with E-state index >= 15 is 0 Å². The second-order valence-corrected chi connectivity index (χ2v) is 6.34. The Morgan fingerprint density at radius 2 is 1.76 bits per heavy atom. The summed E-state index contributed by atoms with van der Waals surface area (Å²) in [5.41, 5.74) is 10.5. The summed E-state index contributed by atoms with van der Waals surface area (Å²) in [4.78, 5) is 0. The molecule has 0 aliphatic carbocycles. The molecule has 2 rings (SSSR count). The van der Waals surface area contributed by atoms with Gasteiger partial charge in [0.2, 0.25) is 0 Å². The highest BCUT2D eigenvalue weighted by Crippen LogP contribution is 2.17. The number of rotatable bonds is 6. The van der Waals surface area contributed by atoms with Crippen LogP contribution in [0.3, 0.4) is 0 Å². The second kappa shape index (κ2) is 6.85. The van der Waals surface area contributed by atoms with Gasteiger partial charge in [0.25, 0.3) is 0 Å². The van der Waals surface area contributed by atoms with Gasteiger partial charge in [0.15, 0.2) is 0 Å². The molecule has 2 aromatic rings. The maximum absolute atomic E-state index is 5.77. The highest BCUT2D eigenvalue weighted by atomic mass is 15.4. The molecule has 114 valence electrons. The van der Waals surface area contributed by atoms with E-state index in [2.05, 4.69) is 62.3 Å². The van der Waals surface area contributed by atoms with Gasteiger partial charge in [-0.1, -0.05) is 57.2 Å². The maximum Gasteiger partial charge on any atom is 0.0994 e. The number of nitrogens with two attached hydrogens (primary N) is 1. The minimum Gasteiger partial charge on any atom is -0.325 e. The lowest BCUT2D eigenvalue weighted by molar-refractivity contribution is 0.563. The first-order valence-corrected chi connectivity index (χ1v) is 7.71. The van der Waals surface area contributed by atoms with Crippen molar-refractivity contribution in [3.8, 4) is 0 Å². The fourth-order valence-corrected chi connectivity index (χ4v) is 2.45. The third-order valence-corrected chi connectivity index (χ3v) is 3.69. The first-order valence-electron chi connectivity index (χ1n) is 7.71. The molecule has 0 atom stereocenters. The SMILES string of the molecule is CC(C)Cc1c(CN)nnn1Cc1ccc(C(C)C)cc1. The summed E-state index contributed by atoms with van der Waals surface area (Å²) in [6.07, 6.45) is 0.962. The quantitative estimate of drug-likeness (QED) is 0.887. The minimum absolute atomic E-state index is 0.453. The summed E-state index contributed by atoms with van der Waals surface area (Å²) >= 11 is 0. The van der Waals surface area contributed by atoms with Crippen molar-refractivity contribution < 1.29 is 0 Å². The van der Waals surface area contributed by atoms with Crippen molar-refractivity contribution in [2.75, 3.05) is 0 Å². The Kier molecular flexibility index (Phi) is 5.12. The van der Waals surface area contributed by atoms with Gasteiger partial charge in [-0.3, -0.25) is 0 Å². The monoisotopic (exact) mass is 286 g/mol. The van der Waals surface area contributed by atoms with Gasteiger partial charge < -0.3 is 5.73 Å². The standard InChI is InChI=1S/C17H26N4/c1-12(2)9-17-16(10-18)19-20-21(17)11-14-5-7-15(8-6-14)13(3)4/h5-8,12-13H,9-11,18H2,1-4H3. The van der Waals surface area contributed by atoms with Crippen molar-refractivity contribution >= 4 is 0 Å². The van der Waals surface area contributed by atoms with Crippen LogP contribution in [0.1, 0.15) is 56.1 Å². The Morgan fingerprint density at radius 1 is 1.10 bits per heavy atom. The number of hydrogen-bond donors (Lipinski definition) is 1. The third kappa shape index (κ3) is 3.91. The van der Waals surface area contributed by atoms with Crippen LogP contribution in [0.25, 0.3) is 0 Å². The van der Waals surface area contributed by atoms with Gasteiger partial charge >= 0.3 is 0 Å². The molecule has 0 aliphatic rings. The molecular weight excluding hydrogens is 260 g/mol. The molecule has 0 fully saturated rings. The molecule has 0 saturated carbocycles. The van der Waals surface area contributed by atoms with Crippen LogP contribution >= 0.6 is 0 Å². The second-order valence-electron chi connectivity index (χ2n) is 6.34. The predicted molar refractivity (Wildman–Crippen MR) is 86.1 cm³/mol. The van der Waals surface area contributed by atoms with Crippen LogP contribution in [0.4, 0.5) is 0 Å². The number of nitrogens with zero attached hydrogens (tertiary/aromatic N) is 3. The predicted octanol–water partition coefficient (Wildman–Crippen LogP) is 3.11. The molecular formula is C17H26N4. The van der Waals surface area contributed by atoms with E-state index < -0.39 is 0 Å². The Morgan fingerprint density at radius 3 is 2.29 bits per heavy atom. The van der Waals surface area contributed by atoms with Crippen molar-refractivity contribution in [1.29, 1.82) is 0 Å². The van der Waals surface area contributed by atoms with Crippen LogP contribution in [-0.2, 0) is 19.5 Å². The average molecular weight is 286 g/mol. The molecule has 1 aromatic heterocycles. The van der Waals surface area contributed by atoms with E-state index in [0.29, 0.717) is 18.4 Å². The first kappa shape index (κ1) is 15.7. The van der Waals surface area contributed by atoms with Gasteiger partial charge in [-0.25, -0.2) is 4.68 Å². The number of hydrogen-bond acceptors (Lipinski definition) is 3. The van der Waals surface area contributed by atoms with Crippen molar-refractivity contribution in [3.63, 3.8) is 0 Å². The van der Waals surface area contributed by atoms with Crippen LogP contribution in [0.5, 0.6) is 0 Å². The molecule has 21 heavy (non-hydrogen) atoms. The van der Waals surface area contributed by atoms with Crippen LogP contribution < -0.4 is 5.73 Å². The zero-order valence-corrected chi connectivity index (χ0v) is 13.5. The molecule has 1 aromatic carbocycles. The Labute approximate surface area is 127 Å². The summed E-state index contributed by atoms with van der Waals surface area (Å²) in [7, 11) is 0. The summed E-state index contributed by atoms with van der Waals surface area (Å²) in [5.74, 6) is 1.13. The van der Waals surface area contributed by atoms with Crippen LogP contribution in [0.2, 0.25) is 0 Å². The molecule has 0 saturated heterocycles. The van der Waals surface area contributed by atoms with Crippen LogP contribution in [-0.4, -0.2) is 15.0 Å². The Bertz CT molecular complexity index is 567. The smallest absolute Gasteiger partial charge is 0.0994 e. The van der Waals surface area contributed by atoms with Crippen LogP contribution in [0.15, 0.2) is 24.3 Å². The van der Waals surface area contributed by atoms with E-state index in [9.17, 15) is 0 Å². The molecule has 4 nitrogen and oxygen atoms in total. The molecule has 0 spiro atoms. The van der Waals surface area contributed by atoms with E-state index in [0.717, 1.165) is 18.7 Å². The van der Waals surface area contributed by atoms with Crippen molar-refractivity contribution in [1.82, 2.24) is 15.0 Å². The lowest BCUT2D eigenvalue weighted by Crippen LogP contribution is -2.11. The highest BCUT2D eigenvalue weighted by Gasteiger charge is 2.13. The Balaban J connectivity index is 2.20. The van der Waals surface area contributed by atoms with Gasteiger partial charge in [0.1, 0.15) is 0 Å². The molecule has 0 bridgehead atoms. The summed E-state index contributed by atoms with van der Waals surface area (Å²) in [6, 6.07) is 8.75. The molecule has 0 unspecified atom stereocenters. The summed E-state index contributed by atoms with van der Waals surface area (Å²) < 4.78 is 1.99. The largest absolute Gasteiger partial charge is 0.325 e. The van der Waals surface area contributed by atoms with Crippen molar-refractivity contribution in [3.05, 3.63) is 46.8 Å². The average Bonchev–Trinajstić information content (AvgIpc) is 2.81. The third-order valence-electron chi connectivity index (χ3n) is 3.69. The molecule has 2 N–H and O–H groups in total. The van der Waals surface area contributed by atoms with E-state index in [1.165, 1.54) is 16.8 Å². The zero-order valence-electron chi connectivity index (χ0n) is 13.5. The van der Waals surface area contributed by atoms with Gasteiger partial charge in [0.05, 0.1) is 17.9 Å². The lowest BCUT2D eigenvalue weighted by Gasteiger charge is -2.11. The van der Waals surface area contributed by atoms with Crippen molar-refractivity contribution in [2.24, 2.45) is 11.7 Å². The number of aromatic nitrogens is 3. The van der Waals surface area contributed by atoms with Gasteiger partial charge in [-0.15, -0.1) is 5.10 Å². The fraction of sp³-hybridized carbons (Fsp3) is 0.529. The van der Waals surface area contributed by atoms with E-state index in [1.54, 1.807) is 0 Å². The van der Waals surface area contributed by atoms with E-state index in [1.807, 2.05) is 4.68 Å². The molecule has 0 amide bonds. The fourth-order valence-electron chi connectivity index (χ4n) is 2.45. The van der Waals surface area contributed by atoms with E-state index in [4.69, 9.17) is 5.73 Å². The van der Waals surface area contributed by atoms with Gasteiger partial charge in [-0.2, -0.15) is 0 Å². The van der Waals surface area contributed by atoms with Crippen molar-refractivity contribution in [2.45, 2.75) is 53.1 Å². The normalized spacial score (nSPS) is 11.6. The topological polar surface area (TPSA) is 56.7 Å². The summed E-state index contributed by atoms with van der Waals surface area (Å²) in [5, 5.41) is 8.50. The lowest BCUT2D eigenvalue weighted by atomic mass is 10.0. The molecule has 0 aliphatic heterocycles. The highest BCUT2D eigenvalue weighted by molar-refractivity contribution is 5.25. The molecule has 0 radical (unpaired) electrons. The maximum atomic E-state index is 5.77. The first-order chi connectivity index (χ1) is 10.0. The van der Waals surface area contributed by atoms with Gasteiger partial charge in [0, 0.05) is 6.54 Å². The Hall–Kier alpha value is -1.68. The van der Waals surface area contributed by atoms with Crippen LogP contribution in [0, 0.1) is 5.92 Å². The molecule has 1 heterocycles. The van der Waals surface area contributed by atoms with E-state index in [-0.39, 0.29) is 0 Å². The minimum atomic E-state index is 0.453. The molecule has 4 heteroatoms. The number of benzene rings is 1. The zero-order chi connectivity index (χ0) is 15.4. The summed E-state index contributed by atoms with van der Waals surface area (Å²) in [6.45, 7) is 10.0. The van der Waals surface area contributed by atoms with Gasteiger partial charge in [-0.05, 0) is 29.4 Å².